The third kappa shape index (κ3) is 8.06. The molecule has 0 bridgehead atoms. The second-order valence-corrected chi connectivity index (χ2v) is 8.47. The van der Waals surface area contributed by atoms with Gasteiger partial charge in [-0.05, 0) is 60.5 Å². The predicted octanol–water partition coefficient (Wildman–Crippen LogP) is 4.07. The number of amides is 2. The maximum atomic E-state index is 12.2. The fourth-order valence-electron chi connectivity index (χ4n) is 3.07. The third-order valence-corrected chi connectivity index (χ3v) is 5.13. The van der Waals surface area contributed by atoms with E-state index in [1.165, 1.54) is 5.56 Å². The summed E-state index contributed by atoms with van der Waals surface area (Å²) in [5, 5.41) is 5.71. The molecule has 0 fully saturated rings. The standard InChI is InChI=1S/C25H35N3O3/c1-6-28(7-2)17-16-26-24(30)19-8-12-21(13-9-19)27-23(29)18-31-22-14-10-20(11-15-22)25(3,4)5/h8-15H,6-7,16-18H2,1-5H3,(H,26,30)(H,27,29). The fourth-order valence-corrected chi connectivity index (χ4v) is 3.07. The molecule has 0 aliphatic carbocycles. The molecule has 0 spiro atoms. The first-order valence-electron chi connectivity index (χ1n) is 10.9. The lowest BCUT2D eigenvalue weighted by Crippen LogP contribution is -2.34. The van der Waals surface area contributed by atoms with Crippen molar-refractivity contribution < 1.29 is 14.3 Å². The van der Waals surface area contributed by atoms with Gasteiger partial charge >= 0.3 is 0 Å². The Bertz CT molecular complexity index is 836. The summed E-state index contributed by atoms with van der Waals surface area (Å²) in [5.74, 6) is 0.281. The van der Waals surface area contributed by atoms with E-state index in [0.717, 1.165) is 19.6 Å². The highest BCUT2D eigenvalue weighted by molar-refractivity contribution is 5.96. The Morgan fingerprint density at radius 3 is 2.10 bits per heavy atom. The maximum Gasteiger partial charge on any atom is 0.262 e. The molecule has 2 aromatic carbocycles. The van der Waals surface area contributed by atoms with Gasteiger partial charge in [-0.3, -0.25) is 9.59 Å². The number of benzene rings is 2. The number of carbonyl (C=O) groups is 2. The van der Waals surface area contributed by atoms with Crippen LogP contribution in [-0.4, -0.2) is 49.5 Å². The SMILES string of the molecule is CCN(CC)CCNC(=O)c1ccc(NC(=O)COc2ccc(C(C)(C)C)cc2)cc1. The zero-order valence-electron chi connectivity index (χ0n) is 19.3. The first-order chi connectivity index (χ1) is 14.7. The van der Waals surface area contributed by atoms with Crippen molar-refractivity contribution in [1.29, 1.82) is 0 Å². The van der Waals surface area contributed by atoms with E-state index in [0.29, 0.717) is 23.5 Å². The summed E-state index contributed by atoms with van der Waals surface area (Å²) in [5.41, 5.74) is 2.47. The second-order valence-electron chi connectivity index (χ2n) is 8.47. The van der Waals surface area contributed by atoms with Gasteiger partial charge in [-0.2, -0.15) is 0 Å². The zero-order valence-corrected chi connectivity index (χ0v) is 19.3. The molecule has 2 aromatic rings. The van der Waals surface area contributed by atoms with Crippen LogP contribution >= 0.6 is 0 Å². The summed E-state index contributed by atoms with van der Waals surface area (Å²) in [4.78, 5) is 26.7. The number of nitrogens with zero attached hydrogens (tertiary/aromatic N) is 1. The van der Waals surface area contributed by atoms with Gasteiger partial charge in [0.2, 0.25) is 0 Å². The lowest BCUT2D eigenvalue weighted by atomic mass is 9.87. The lowest BCUT2D eigenvalue weighted by molar-refractivity contribution is -0.118. The van der Waals surface area contributed by atoms with Crippen molar-refractivity contribution in [2.75, 3.05) is 38.1 Å². The molecule has 0 saturated carbocycles. The lowest BCUT2D eigenvalue weighted by Gasteiger charge is -2.19. The van der Waals surface area contributed by atoms with Crippen LogP contribution < -0.4 is 15.4 Å². The van der Waals surface area contributed by atoms with E-state index in [2.05, 4.69) is 50.2 Å². The molecular formula is C25H35N3O3. The van der Waals surface area contributed by atoms with E-state index in [1.807, 2.05) is 24.3 Å². The minimum Gasteiger partial charge on any atom is -0.484 e. The van der Waals surface area contributed by atoms with Gasteiger partial charge in [-0.25, -0.2) is 0 Å². The van der Waals surface area contributed by atoms with Crippen LogP contribution in [0.3, 0.4) is 0 Å². The largest absolute Gasteiger partial charge is 0.484 e. The zero-order chi connectivity index (χ0) is 22.9. The van der Waals surface area contributed by atoms with Crippen LogP contribution in [0.15, 0.2) is 48.5 Å². The van der Waals surface area contributed by atoms with Crippen molar-refractivity contribution in [2.45, 2.75) is 40.0 Å². The Labute approximate surface area is 186 Å². The molecular weight excluding hydrogens is 390 g/mol. The molecule has 0 radical (unpaired) electrons. The number of rotatable bonds is 10. The van der Waals surface area contributed by atoms with Crippen LogP contribution in [-0.2, 0) is 10.2 Å². The average molecular weight is 426 g/mol. The Morgan fingerprint density at radius 1 is 0.935 bits per heavy atom. The molecule has 6 heteroatoms. The molecule has 0 aromatic heterocycles. The van der Waals surface area contributed by atoms with Gasteiger partial charge in [0.1, 0.15) is 5.75 Å². The van der Waals surface area contributed by atoms with Gasteiger partial charge in [-0.1, -0.05) is 46.8 Å². The molecule has 168 valence electrons. The van der Waals surface area contributed by atoms with Crippen LogP contribution in [0.1, 0.15) is 50.5 Å². The summed E-state index contributed by atoms with van der Waals surface area (Å²) in [6.45, 7) is 13.9. The van der Waals surface area contributed by atoms with Crippen molar-refractivity contribution >= 4 is 17.5 Å². The van der Waals surface area contributed by atoms with E-state index in [-0.39, 0.29) is 23.8 Å². The Kier molecular flexibility index (Phi) is 9.06. The number of hydrogen-bond acceptors (Lipinski definition) is 4. The van der Waals surface area contributed by atoms with Crippen LogP contribution in [0.5, 0.6) is 5.75 Å². The molecule has 0 saturated heterocycles. The topological polar surface area (TPSA) is 70.7 Å². The van der Waals surface area contributed by atoms with Crippen molar-refractivity contribution in [1.82, 2.24) is 10.2 Å². The number of carbonyl (C=O) groups excluding carboxylic acids is 2. The smallest absolute Gasteiger partial charge is 0.262 e. The summed E-state index contributed by atoms with van der Waals surface area (Å²) < 4.78 is 5.57. The first-order valence-corrected chi connectivity index (χ1v) is 10.9. The number of nitrogens with one attached hydrogen (secondary N) is 2. The van der Waals surface area contributed by atoms with Gasteiger partial charge in [0.05, 0.1) is 0 Å². The van der Waals surface area contributed by atoms with E-state index in [9.17, 15) is 9.59 Å². The molecule has 6 nitrogen and oxygen atoms in total. The number of likely N-dealkylation sites (N-methyl/N-ethyl adjacent to an activating group) is 1. The Morgan fingerprint density at radius 2 is 1.55 bits per heavy atom. The van der Waals surface area contributed by atoms with Crippen LogP contribution in [0, 0.1) is 0 Å². The minimum atomic E-state index is -0.253. The average Bonchev–Trinajstić information content (AvgIpc) is 2.75. The number of ether oxygens (including phenoxy) is 1. The molecule has 0 aliphatic rings. The number of anilines is 1. The van der Waals surface area contributed by atoms with Gasteiger partial charge in [0, 0.05) is 24.3 Å². The van der Waals surface area contributed by atoms with Crippen LogP contribution in [0.25, 0.3) is 0 Å². The molecule has 0 unspecified atom stereocenters. The first kappa shape index (κ1) is 24.4. The molecule has 2 amide bonds. The van der Waals surface area contributed by atoms with Gasteiger partial charge in [-0.15, -0.1) is 0 Å². The molecule has 2 rings (SSSR count). The van der Waals surface area contributed by atoms with Crippen LogP contribution in [0.2, 0.25) is 0 Å². The molecule has 31 heavy (non-hydrogen) atoms. The third-order valence-electron chi connectivity index (χ3n) is 5.13. The Hall–Kier alpha value is -2.86. The number of hydrogen-bond donors (Lipinski definition) is 2. The van der Waals surface area contributed by atoms with Crippen molar-refractivity contribution in [2.24, 2.45) is 0 Å². The summed E-state index contributed by atoms with van der Waals surface area (Å²) in [6.07, 6.45) is 0. The predicted molar refractivity (Wildman–Crippen MR) is 126 cm³/mol. The Balaban J connectivity index is 1.79. The van der Waals surface area contributed by atoms with Crippen molar-refractivity contribution in [3.8, 4) is 5.75 Å². The van der Waals surface area contributed by atoms with E-state index < -0.39 is 0 Å². The van der Waals surface area contributed by atoms with Crippen LogP contribution in [0.4, 0.5) is 5.69 Å². The molecule has 0 aliphatic heterocycles. The highest BCUT2D eigenvalue weighted by atomic mass is 16.5. The normalized spacial score (nSPS) is 11.3. The highest BCUT2D eigenvalue weighted by Gasteiger charge is 2.13. The van der Waals surface area contributed by atoms with Gasteiger partial charge in [0.15, 0.2) is 6.61 Å². The summed E-state index contributed by atoms with van der Waals surface area (Å²) in [7, 11) is 0. The van der Waals surface area contributed by atoms with Gasteiger partial charge in [0.25, 0.3) is 11.8 Å². The van der Waals surface area contributed by atoms with Gasteiger partial charge < -0.3 is 20.3 Å². The molecule has 0 atom stereocenters. The maximum absolute atomic E-state index is 12.2. The highest BCUT2D eigenvalue weighted by Crippen LogP contribution is 2.24. The quantitative estimate of drug-likeness (QED) is 0.602. The monoisotopic (exact) mass is 425 g/mol. The van der Waals surface area contributed by atoms with E-state index in [4.69, 9.17) is 4.74 Å². The molecule has 2 N–H and O–H groups in total. The fraction of sp³-hybridized carbons (Fsp3) is 0.440. The second kappa shape index (κ2) is 11.5. The summed E-state index contributed by atoms with van der Waals surface area (Å²) in [6, 6.07) is 14.6. The van der Waals surface area contributed by atoms with E-state index >= 15 is 0 Å². The van der Waals surface area contributed by atoms with Crippen molar-refractivity contribution in [3.63, 3.8) is 0 Å². The van der Waals surface area contributed by atoms with E-state index in [1.54, 1.807) is 24.3 Å². The minimum absolute atomic E-state index is 0.0737. The molecule has 0 heterocycles. The van der Waals surface area contributed by atoms with Crippen molar-refractivity contribution in [3.05, 3.63) is 59.7 Å². The summed E-state index contributed by atoms with van der Waals surface area (Å²) >= 11 is 0.